The van der Waals surface area contributed by atoms with E-state index in [1.54, 1.807) is 44.3 Å². The molecule has 3 heterocycles. The van der Waals surface area contributed by atoms with Crippen LogP contribution >= 0.6 is 0 Å². The van der Waals surface area contributed by atoms with Crippen LogP contribution in [-0.2, 0) is 75.2 Å². The Labute approximate surface area is 565 Å². The van der Waals surface area contributed by atoms with Gasteiger partial charge in [-0.15, -0.1) is 0 Å². The second-order valence-corrected chi connectivity index (χ2v) is 25.3. The van der Waals surface area contributed by atoms with Crippen molar-refractivity contribution < 1.29 is 82.8 Å². The number of H-pyrrole nitrogens is 2. The minimum Gasteiger partial charge on any atom is -0.481 e. The van der Waals surface area contributed by atoms with Crippen LogP contribution in [0.5, 0.6) is 0 Å². The Morgan fingerprint density at radius 1 is 0.592 bits per heavy atom. The van der Waals surface area contributed by atoms with E-state index < -0.39 is 174 Å². The number of guanidine groups is 1. The largest absolute Gasteiger partial charge is 0.481 e. The van der Waals surface area contributed by atoms with Gasteiger partial charge in [0.05, 0.1) is 37.1 Å². The van der Waals surface area contributed by atoms with Crippen molar-refractivity contribution in [2.45, 2.75) is 211 Å². The van der Waals surface area contributed by atoms with Gasteiger partial charge in [0.15, 0.2) is 5.96 Å². The molecule has 0 unspecified atom stereocenters. The summed E-state index contributed by atoms with van der Waals surface area (Å²) in [5.41, 5.74) is 24.3. The first-order valence-corrected chi connectivity index (χ1v) is 32.2. The lowest BCUT2D eigenvalue weighted by molar-refractivity contribution is -0.142. The predicted molar refractivity (Wildman–Crippen MR) is 353 cm³/mol. The molecule has 1 aliphatic heterocycles. The van der Waals surface area contributed by atoms with Crippen LogP contribution in [0.2, 0.25) is 0 Å². The highest BCUT2D eigenvalue weighted by atomic mass is 16.4. The van der Waals surface area contributed by atoms with Crippen molar-refractivity contribution in [1.29, 1.82) is 0 Å². The Balaban J connectivity index is 1.51. The third-order valence-electron chi connectivity index (χ3n) is 15.9. The van der Waals surface area contributed by atoms with Crippen LogP contribution in [0.4, 0.5) is 0 Å². The van der Waals surface area contributed by atoms with Gasteiger partial charge in [-0.1, -0.05) is 45.9 Å². The quantitative estimate of drug-likeness (QED) is 0.0144. The molecule has 2 aromatic heterocycles. The molecular formula is C62H97N19O17. The number of aliphatic carboxylic acids is 1. The number of imidazole rings is 1. The molecule has 1 aromatic carbocycles. The highest BCUT2D eigenvalue weighted by Crippen LogP contribution is 2.23. The number of para-hydroxylation sites is 1. The Morgan fingerprint density at radius 2 is 1.10 bits per heavy atom. The van der Waals surface area contributed by atoms with Gasteiger partial charge in [-0.05, 0) is 96.6 Å². The molecule has 1 saturated heterocycles. The van der Waals surface area contributed by atoms with Crippen molar-refractivity contribution in [3.63, 3.8) is 0 Å². The fraction of sp³-hybridized carbons (Fsp3) is 0.597. The lowest BCUT2D eigenvalue weighted by atomic mass is 10.0. The van der Waals surface area contributed by atoms with E-state index in [0.29, 0.717) is 24.1 Å². The van der Waals surface area contributed by atoms with Crippen LogP contribution in [0, 0.1) is 11.8 Å². The number of nitrogens with one attached hydrogen (secondary N) is 12. The highest BCUT2D eigenvalue weighted by Gasteiger charge is 2.42. The summed E-state index contributed by atoms with van der Waals surface area (Å²) in [5.74, 6) is -13.7. The number of aliphatic hydroxyl groups is 3. The van der Waals surface area contributed by atoms with Crippen molar-refractivity contribution in [3.8, 4) is 0 Å². The monoisotopic (exact) mass is 1380 g/mol. The van der Waals surface area contributed by atoms with E-state index in [4.69, 9.17) is 22.9 Å². The summed E-state index contributed by atoms with van der Waals surface area (Å²) in [6.45, 7) is 13.1. The molecule has 1 fully saturated rings. The van der Waals surface area contributed by atoms with E-state index in [-0.39, 0.29) is 69.4 Å². The lowest BCUT2D eigenvalue weighted by Crippen LogP contribution is -2.63. The molecule has 3 aromatic rings. The van der Waals surface area contributed by atoms with Crippen molar-refractivity contribution in [2.75, 3.05) is 13.1 Å². The minimum atomic E-state index is -2.00. The number of hydrogen-bond acceptors (Lipinski definition) is 19. The smallest absolute Gasteiger partial charge is 0.305 e. The maximum absolute atomic E-state index is 14.8. The Kier molecular flexibility index (Phi) is 31.4. The lowest BCUT2D eigenvalue weighted by Gasteiger charge is -2.31. The third-order valence-corrected chi connectivity index (χ3v) is 15.9. The molecule has 0 radical (unpaired) electrons. The van der Waals surface area contributed by atoms with E-state index in [1.165, 1.54) is 38.2 Å². The van der Waals surface area contributed by atoms with Gasteiger partial charge in [0.2, 0.25) is 70.9 Å². The number of aliphatic hydroxyl groups excluding tert-OH is 3. The van der Waals surface area contributed by atoms with Gasteiger partial charge in [0, 0.05) is 54.9 Å². The number of nitrogens with zero attached hydrogens (tertiary/aromatic N) is 3. The summed E-state index contributed by atoms with van der Waals surface area (Å²) in [4.78, 5) is 192. The summed E-state index contributed by atoms with van der Waals surface area (Å²) >= 11 is 0. The number of fused-ring (bicyclic) bond motifs is 1. The number of carbonyl (C=O) groups excluding carboxylic acids is 12. The van der Waals surface area contributed by atoms with Gasteiger partial charge in [-0.2, -0.15) is 0 Å². The number of carboxylic acids is 1. The molecule has 0 saturated carbocycles. The molecule has 98 heavy (non-hydrogen) atoms. The van der Waals surface area contributed by atoms with Crippen LogP contribution in [0.1, 0.15) is 119 Å². The van der Waals surface area contributed by atoms with Gasteiger partial charge in [-0.3, -0.25) is 67.3 Å². The number of benzene rings is 1. The van der Waals surface area contributed by atoms with Crippen molar-refractivity contribution >= 4 is 93.7 Å². The zero-order chi connectivity index (χ0) is 73.4. The summed E-state index contributed by atoms with van der Waals surface area (Å²) in [5, 5.41) is 66.5. The fourth-order valence-electron chi connectivity index (χ4n) is 10.7. The zero-order valence-electron chi connectivity index (χ0n) is 56.4. The average Bonchev–Trinajstić information content (AvgIpc) is 1.56. The van der Waals surface area contributed by atoms with Crippen LogP contribution in [-0.4, -0.2) is 227 Å². The molecule has 0 aliphatic carbocycles. The Bertz CT molecular complexity index is 3300. The molecular weight excluding hydrogens is 1280 g/mol. The molecule has 1 aliphatic rings. The van der Waals surface area contributed by atoms with Crippen molar-refractivity contribution in [1.82, 2.24) is 73.0 Å². The van der Waals surface area contributed by atoms with Crippen LogP contribution in [0.25, 0.3) is 10.9 Å². The normalized spacial score (nSPS) is 17.2. The summed E-state index contributed by atoms with van der Waals surface area (Å²) in [7, 11) is 0. The molecule has 36 heteroatoms. The number of nitrogens with two attached hydrogens (primary N) is 4. The van der Waals surface area contributed by atoms with Crippen LogP contribution in [0.15, 0.2) is 48.0 Å². The van der Waals surface area contributed by atoms with Gasteiger partial charge in [0.1, 0.15) is 66.5 Å². The second kappa shape index (κ2) is 38.2. The maximum Gasteiger partial charge on any atom is 0.305 e. The predicted octanol–water partition coefficient (Wildman–Crippen LogP) is -5.87. The van der Waals surface area contributed by atoms with Crippen molar-refractivity contribution in [3.05, 3.63) is 54.2 Å². The summed E-state index contributed by atoms with van der Waals surface area (Å²) < 4.78 is 0. The molecule has 15 atom stereocenters. The number of aromatic amines is 2. The van der Waals surface area contributed by atoms with E-state index in [2.05, 4.69) is 73.1 Å². The molecule has 24 N–H and O–H groups in total. The van der Waals surface area contributed by atoms with E-state index in [0.717, 1.165) is 24.8 Å². The number of likely N-dealkylation sites (tertiary alicyclic amines) is 1. The van der Waals surface area contributed by atoms with E-state index in [1.807, 2.05) is 13.8 Å². The first-order chi connectivity index (χ1) is 46.0. The number of hydrogen-bond donors (Lipinski definition) is 20. The van der Waals surface area contributed by atoms with E-state index >= 15 is 0 Å². The van der Waals surface area contributed by atoms with Gasteiger partial charge in [-0.25, -0.2) is 4.98 Å². The topological polar surface area (TPSA) is 587 Å². The summed E-state index contributed by atoms with van der Waals surface area (Å²) in [6.07, 6.45) is -1.38. The molecule has 0 bridgehead atoms. The SMILES string of the molecule is CC(C)C[C@H](NC(=O)[C@@H](N)CC(C)C)C(=O)N[C@@H](C)C(=O)N[C@@H](CC(=O)O)C(=O)N[C@H](C(=O)N[C@H](C(=O)N[C@@H](C)C(=O)N[C@@H](Cc1cnc[nH]1)C(=O)N[C@@H](CCCN=C(N)N)C(=O)N1CCC[C@H]1C(=O)N[C@@H](Cc1c[nH]c2ccccc12)C(=O)N[C@H](C(N)=O)[C@@H](C)O)[C@@H](C)O)[C@@H](C)O. The van der Waals surface area contributed by atoms with Gasteiger partial charge < -0.3 is 111 Å². The van der Waals surface area contributed by atoms with Crippen LogP contribution in [0.3, 0.4) is 0 Å². The maximum atomic E-state index is 14.8. The fourth-order valence-corrected chi connectivity index (χ4v) is 10.7. The Morgan fingerprint density at radius 3 is 1.66 bits per heavy atom. The Hall–Kier alpha value is -9.81. The molecule has 4 rings (SSSR count). The van der Waals surface area contributed by atoms with Gasteiger partial charge >= 0.3 is 5.97 Å². The average molecular weight is 1380 g/mol. The second-order valence-electron chi connectivity index (χ2n) is 25.3. The minimum absolute atomic E-state index is 0.00598. The van der Waals surface area contributed by atoms with Crippen LogP contribution < -0.4 is 76.1 Å². The first-order valence-electron chi connectivity index (χ1n) is 32.2. The number of carbonyl (C=O) groups is 13. The molecule has 0 spiro atoms. The number of rotatable bonds is 39. The standard InChI is InChI=1S/C62H97N19O17/c1-28(2)20-38(63)53(90)76-41(21-29(3)4)54(91)71-30(5)51(88)75-44(24-46(85)86)57(94)79-49(34(9)84)60(97)80-48(33(8)83)59(96)72-31(6)52(89)74-43(23-36-26-67-27-70-36)55(92)73-40(16-12-18-68-62(65)66)61(98)81-19-13-17-45(81)58(95)77-42(56(93)78-47(32(7)82)50(64)87)22-35-25-69-39-15-11-10-14-37(35)39/h10-11,14-15,25-34,38,40-45,47-49,69,82-84H,12-13,16-24,63H2,1-9H3,(H2,64,87)(H,67,70)(H,71,91)(H,72,96)(H,73,92)(H,74,89)(H,75,88)(H,76,90)(H,77,95)(H,78,93)(H,79,94)(H,80,97)(H,85,86)(H4,65,66,68)/t30-,31-,32+,33+,34+,38-,40-,41-,42-,43-,44-,45-,47-,48-,49-/m0/s1. The number of aromatic nitrogens is 3. The molecule has 36 nitrogen and oxygen atoms in total. The highest BCUT2D eigenvalue weighted by molar-refractivity contribution is 6.00. The first kappa shape index (κ1) is 80.6. The number of aliphatic imine (C=N–C) groups is 1. The number of primary amides is 1. The number of amides is 12. The molecule has 542 valence electrons. The van der Waals surface area contributed by atoms with Gasteiger partial charge in [0.25, 0.3) is 0 Å². The van der Waals surface area contributed by atoms with Crippen molar-refractivity contribution in [2.24, 2.45) is 39.8 Å². The summed E-state index contributed by atoms with van der Waals surface area (Å²) in [6, 6.07) is -11.0. The number of carboxylic acid groups (broad SMARTS) is 1. The van der Waals surface area contributed by atoms with E-state index in [9.17, 15) is 82.8 Å². The zero-order valence-corrected chi connectivity index (χ0v) is 56.4. The third kappa shape index (κ3) is 25.0. The molecule has 12 amide bonds.